The van der Waals surface area contributed by atoms with Gasteiger partial charge in [0.1, 0.15) is 12.6 Å². The fraction of sp³-hybridized carbons (Fsp3) is 0.458. The molecule has 0 spiro atoms. The second-order valence-corrected chi connectivity index (χ2v) is 9.40. The average molecular weight is 499 g/mol. The van der Waals surface area contributed by atoms with Gasteiger partial charge in [-0.1, -0.05) is 26.0 Å². The summed E-state index contributed by atoms with van der Waals surface area (Å²) in [6.07, 6.45) is 0.156. The van der Waals surface area contributed by atoms with Crippen molar-refractivity contribution in [1.82, 2.24) is 20.5 Å². The molecular weight excluding hydrogens is 468 g/mol. The van der Waals surface area contributed by atoms with Crippen LogP contribution in [0.25, 0.3) is 11.3 Å². The summed E-state index contributed by atoms with van der Waals surface area (Å²) in [7, 11) is 1.38. The molecule has 1 aliphatic heterocycles. The number of amides is 3. The van der Waals surface area contributed by atoms with Crippen LogP contribution in [0.15, 0.2) is 29.6 Å². The summed E-state index contributed by atoms with van der Waals surface area (Å²) < 4.78 is 4.78. The molecule has 1 aromatic heterocycles. The van der Waals surface area contributed by atoms with Gasteiger partial charge in [-0.25, -0.2) is 9.78 Å². The monoisotopic (exact) mass is 498 g/mol. The number of anilines is 1. The Balaban J connectivity index is 1.62. The van der Waals surface area contributed by atoms with Crippen LogP contribution in [0.4, 0.5) is 9.93 Å². The highest BCUT2D eigenvalue weighted by molar-refractivity contribution is 7.14. The van der Waals surface area contributed by atoms with Crippen molar-refractivity contribution in [3.63, 3.8) is 0 Å². The van der Waals surface area contributed by atoms with E-state index in [9.17, 15) is 14.4 Å². The van der Waals surface area contributed by atoms with Gasteiger partial charge in [0.15, 0.2) is 5.13 Å². The predicted molar refractivity (Wildman–Crippen MR) is 133 cm³/mol. The number of carbonyl (C=O) groups excluding carboxylic acids is 3. The molecular formula is C24H30N6O4S. The molecule has 2 N–H and O–H groups in total. The van der Waals surface area contributed by atoms with Crippen molar-refractivity contribution in [3.8, 4) is 17.3 Å². The van der Waals surface area contributed by atoms with Gasteiger partial charge in [0.25, 0.3) is 5.91 Å². The summed E-state index contributed by atoms with van der Waals surface area (Å²) >= 11 is 1.53. The molecule has 1 aliphatic rings. The van der Waals surface area contributed by atoms with Crippen LogP contribution in [0.3, 0.4) is 0 Å². The molecule has 1 atom stereocenters. The molecule has 1 fully saturated rings. The molecule has 0 radical (unpaired) electrons. The van der Waals surface area contributed by atoms with Gasteiger partial charge >= 0.3 is 6.09 Å². The van der Waals surface area contributed by atoms with Crippen molar-refractivity contribution in [2.24, 2.45) is 5.92 Å². The molecule has 186 valence electrons. The van der Waals surface area contributed by atoms with Crippen LogP contribution in [-0.2, 0) is 9.53 Å². The lowest BCUT2D eigenvalue weighted by Crippen LogP contribution is -2.48. The van der Waals surface area contributed by atoms with Crippen LogP contribution in [-0.4, -0.2) is 73.7 Å². The SMILES string of the molecule is COC(=O)N1CCN(c2nc(-c3ccc(C(=O)N[C@@H](CC(C)C)C(=O)NCC#N)cc3)cs2)CC1. The van der Waals surface area contributed by atoms with Crippen LogP contribution in [0.5, 0.6) is 0 Å². The maximum Gasteiger partial charge on any atom is 0.409 e. The van der Waals surface area contributed by atoms with Gasteiger partial charge in [0, 0.05) is 42.7 Å². The van der Waals surface area contributed by atoms with E-state index in [1.807, 2.05) is 37.4 Å². The smallest absolute Gasteiger partial charge is 0.409 e. The molecule has 10 nitrogen and oxygen atoms in total. The molecule has 2 aromatic rings. The lowest BCUT2D eigenvalue weighted by Gasteiger charge is -2.33. The van der Waals surface area contributed by atoms with E-state index in [-0.39, 0.29) is 30.4 Å². The van der Waals surface area contributed by atoms with Crippen molar-refractivity contribution in [2.75, 3.05) is 44.7 Å². The van der Waals surface area contributed by atoms with E-state index in [2.05, 4.69) is 15.5 Å². The number of piperazine rings is 1. The Kier molecular flexibility index (Phi) is 9.03. The number of benzene rings is 1. The highest BCUT2D eigenvalue weighted by Crippen LogP contribution is 2.28. The fourth-order valence-electron chi connectivity index (χ4n) is 3.74. The van der Waals surface area contributed by atoms with Gasteiger partial charge in [-0.2, -0.15) is 5.26 Å². The first-order valence-electron chi connectivity index (χ1n) is 11.4. The Hall–Kier alpha value is -3.65. The Bertz CT molecular complexity index is 1070. The van der Waals surface area contributed by atoms with Crippen molar-refractivity contribution in [1.29, 1.82) is 5.26 Å². The van der Waals surface area contributed by atoms with Crippen LogP contribution >= 0.6 is 11.3 Å². The summed E-state index contributed by atoms with van der Waals surface area (Å²) in [6.45, 7) is 6.35. The molecule has 35 heavy (non-hydrogen) atoms. The Morgan fingerprint density at radius 1 is 1.17 bits per heavy atom. The van der Waals surface area contributed by atoms with Crippen molar-refractivity contribution < 1.29 is 19.1 Å². The molecule has 0 saturated carbocycles. The van der Waals surface area contributed by atoms with Crippen LogP contribution in [0, 0.1) is 17.2 Å². The number of ether oxygens (including phenoxy) is 1. The number of nitrogens with one attached hydrogen (secondary N) is 2. The van der Waals surface area contributed by atoms with Gasteiger partial charge < -0.3 is 25.2 Å². The van der Waals surface area contributed by atoms with E-state index in [1.165, 1.54) is 18.4 Å². The zero-order valence-electron chi connectivity index (χ0n) is 20.1. The van der Waals surface area contributed by atoms with Crippen LogP contribution < -0.4 is 15.5 Å². The minimum absolute atomic E-state index is 0.103. The van der Waals surface area contributed by atoms with Crippen LogP contribution in [0.1, 0.15) is 30.6 Å². The standard InChI is InChI=1S/C24H30N6O4S/c1-16(2)14-19(22(32)26-9-8-25)27-21(31)18-6-4-17(5-7-18)20-15-35-23(28-20)29-10-12-30(13-11-29)24(33)34-3/h4-7,15-16,19H,9-14H2,1-3H3,(H,26,32)(H,27,31)/t19-/m0/s1. The summed E-state index contributed by atoms with van der Waals surface area (Å²) in [5, 5.41) is 16.8. The van der Waals surface area contributed by atoms with Crippen molar-refractivity contribution in [3.05, 3.63) is 35.2 Å². The molecule has 0 unspecified atom stereocenters. The normalized spacial score (nSPS) is 14.3. The van der Waals surface area contributed by atoms with Gasteiger partial charge in [-0.3, -0.25) is 9.59 Å². The van der Waals surface area contributed by atoms with E-state index >= 15 is 0 Å². The second-order valence-electron chi connectivity index (χ2n) is 8.57. The average Bonchev–Trinajstić information content (AvgIpc) is 3.36. The molecule has 0 bridgehead atoms. The van der Waals surface area contributed by atoms with E-state index in [1.54, 1.807) is 17.0 Å². The van der Waals surface area contributed by atoms with Gasteiger partial charge in [-0.15, -0.1) is 11.3 Å². The summed E-state index contributed by atoms with van der Waals surface area (Å²) in [6, 6.07) is 8.23. The molecule has 3 amide bonds. The zero-order valence-corrected chi connectivity index (χ0v) is 20.9. The third kappa shape index (κ3) is 6.93. The second kappa shape index (κ2) is 12.2. The van der Waals surface area contributed by atoms with E-state index in [0.717, 1.165) is 16.4 Å². The largest absolute Gasteiger partial charge is 0.453 e. The molecule has 2 heterocycles. The summed E-state index contributed by atoms with van der Waals surface area (Å²) in [5.41, 5.74) is 2.12. The first-order chi connectivity index (χ1) is 16.8. The Morgan fingerprint density at radius 3 is 2.46 bits per heavy atom. The number of nitriles is 1. The van der Waals surface area contributed by atoms with Crippen molar-refractivity contribution >= 4 is 34.4 Å². The topological polar surface area (TPSA) is 128 Å². The molecule has 0 aliphatic carbocycles. The fourth-order valence-corrected chi connectivity index (χ4v) is 4.63. The molecule has 3 rings (SSSR count). The number of aromatic nitrogens is 1. The Labute approximate surface area is 208 Å². The first kappa shape index (κ1) is 26.0. The van der Waals surface area contributed by atoms with Gasteiger partial charge in [0.2, 0.25) is 5.91 Å². The van der Waals surface area contributed by atoms with Gasteiger partial charge in [0.05, 0.1) is 18.9 Å². The van der Waals surface area contributed by atoms with Crippen molar-refractivity contribution in [2.45, 2.75) is 26.3 Å². The number of hydrogen-bond donors (Lipinski definition) is 2. The maximum atomic E-state index is 12.8. The minimum Gasteiger partial charge on any atom is -0.453 e. The van der Waals surface area contributed by atoms with E-state index in [4.69, 9.17) is 15.0 Å². The zero-order chi connectivity index (χ0) is 25.4. The van der Waals surface area contributed by atoms with E-state index in [0.29, 0.717) is 38.2 Å². The quantitative estimate of drug-likeness (QED) is 0.535. The number of hydrogen-bond acceptors (Lipinski definition) is 8. The first-order valence-corrected chi connectivity index (χ1v) is 12.3. The number of nitrogens with zero attached hydrogens (tertiary/aromatic N) is 4. The van der Waals surface area contributed by atoms with Gasteiger partial charge in [-0.05, 0) is 24.5 Å². The lowest BCUT2D eigenvalue weighted by molar-refractivity contribution is -0.123. The van der Waals surface area contributed by atoms with Crippen LogP contribution in [0.2, 0.25) is 0 Å². The third-order valence-electron chi connectivity index (χ3n) is 5.59. The molecule has 1 aromatic carbocycles. The molecule has 1 saturated heterocycles. The predicted octanol–water partition coefficient (Wildman–Crippen LogP) is 2.48. The Morgan fingerprint density at radius 2 is 1.86 bits per heavy atom. The highest BCUT2D eigenvalue weighted by atomic mass is 32.1. The number of carbonyl (C=O) groups is 3. The highest BCUT2D eigenvalue weighted by Gasteiger charge is 2.24. The summed E-state index contributed by atoms with van der Waals surface area (Å²) in [4.78, 5) is 45.3. The minimum atomic E-state index is -0.712. The maximum absolute atomic E-state index is 12.8. The lowest BCUT2D eigenvalue weighted by atomic mass is 10.0. The molecule has 11 heteroatoms. The number of thiazole rings is 1. The number of methoxy groups -OCH3 is 1. The van der Waals surface area contributed by atoms with E-state index < -0.39 is 6.04 Å². The summed E-state index contributed by atoms with van der Waals surface area (Å²) in [5.74, 6) is -0.526. The number of rotatable bonds is 8. The third-order valence-corrected chi connectivity index (χ3v) is 6.49.